The fourth-order valence-electron chi connectivity index (χ4n) is 7.98. The molecule has 4 saturated carbocycles. The highest BCUT2D eigenvalue weighted by Crippen LogP contribution is 2.60. The van der Waals surface area contributed by atoms with Crippen LogP contribution in [0, 0.1) is 26.7 Å². The van der Waals surface area contributed by atoms with E-state index in [2.05, 4.69) is 27.9 Å². The highest BCUT2D eigenvalue weighted by molar-refractivity contribution is 14.1. The summed E-state index contributed by atoms with van der Waals surface area (Å²) in [4.78, 5) is 28.7. The highest BCUT2D eigenvalue weighted by Gasteiger charge is 2.53. The van der Waals surface area contributed by atoms with E-state index >= 15 is 0 Å². The van der Waals surface area contributed by atoms with E-state index in [1.807, 2.05) is 42.2 Å². The van der Waals surface area contributed by atoms with Crippen molar-refractivity contribution in [3.05, 3.63) is 51.6 Å². The average Bonchev–Trinajstić information content (AvgIpc) is 2.90. The van der Waals surface area contributed by atoms with Crippen molar-refractivity contribution in [2.45, 2.75) is 76.5 Å². The van der Waals surface area contributed by atoms with Crippen molar-refractivity contribution in [3.63, 3.8) is 0 Å². The van der Waals surface area contributed by atoms with Gasteiger partial charge in [0, 0.05) is 25.1 Å². The van der Waals surface area contributed by atoms with Crippen LogP contribution in [0.25, 0.3) is 0 Å². The Bertz CT molecular complexity index is 1080. The topological polar surface area (TPSA) is 99.1 Å². The Kier molecular flexibility index (Phi) is 9.03. The molecule has 5 aliphatic rings. The molecule has 0 radical (unpaired) electrons. The third kappa shape index (κ3) is 6.38. The van der Waals surface area contributed by atoms with Crippen LogP contribution in [0.15, 0.2) is 48.1 Å². The lowest BCUT2D eigenvalue weighted by Crippen LogP contribution is -2.59. The van der Waals surface area contributed by atoms with E-state index in [4.69, 9.17) is 4.74 Å². The van der Waals surface area contributed by atoms with Gasteiger partial charge in [-0.1, -0.05) is 25.1 Å². The maximum absolute atomic E-state index is 13.8. The predicted octanol–water partition coefficient (Wildman–Crippen LogP) is 4.22. The molecular weight excluding hydrogens is 607 g/mol. The van der Waals surface area contributed by atoms with Crippen LogP contribution in [0.2, 0.25) is 0 Å². The first kappa shape index (κ1) is 28.6. The van der Waals surface area contributed by atoms with Crippen molar-refractivity contribution in [2.75, 3.05) is 19.7 Å². The quantitative estimate of drug-likeness (QED) is 0.261. The molecule has 7 nitrogen and oxygen atoms in total. The van der Waals surface area contributed by atoms with Gasteiger partial charge in [0.05, 0.1) is 16.2 Å². The summed E-state index contributed by atoms with van der Waals surface area (Å²) in [6, 6.07) is 6.98. The molecule has 3 unspecified atom stereocenters. The molecule has 0 spiro atoms. The third-order valence-corrected chi connectivity index (χ3v) is 10.1. The van der Waals surface area contributed by atoms with Gasteiger partial charge in [0.1, 0.15) is 18.0 Å². The number of carbonyl (C=O) groups excluding carboxylic acids is 2. The zero-order chi connectivity index (χ0) is 27.6. The van der Waals surface area contributed by atoms with E-state index in [1.54, 1.807) is 12.2 Å². The number of nitrogens with zero attached hydrogens (tertiary/aromatic N) is 1. The number of hydrogen-bond donors (Lipinski definition) is 3. The second-order valence-corrected chi connectivity index (χ2v) is 13.3. The maximum atomic E-state index is 13.8. The molecule has 5 aliphatic carbocycles. The third-order valence-electron chi connectivity index (χ3n) is 9.16. The smallest absolute Gasteiger partial charge is 0.247 e. The van der Waals surface area contributed by atoms with Gasteiger partial charge in [0.15, 0.2) is 0 Å². The summed E-state index contributed by atoms with van der Waals surface area (Å²) >= 11 is 2.19. The molecule has 212 valence electrons. The van der Waals surface area contributed by atoms with E-state index in [1.165, 1.54) is 19.3 Å². The first-order chi connectivity index (χ1) is 18.8. The first-order valence-electron chi connectivity index (χ1n) is 14.5. The van der Waals surface area contributed by atoms with E-state index < -0.39 is 18.2 Å². The molecule has 1 aromatic carbocycles. The zero-order valence-electron chi connectivity index (χ0n) is 22.7. The molecule has 0 heterocycles. The summed E-state index contributed by atoms with van der Waals surface area (Å²) in [5.41, 5.74) is 0.549. The van der Waals surface area contributed by atoms with Crippen LogP contribution in [0.4, 0.5) is 0 Å². The summed E-state index contributed by atoms with van der Waals surface area (Å²) < 4.78 is 7.20. The summed E-state index contributed by atoms with van der Waals surface area (Å²) in [6.45, 7) is 2.58. The van der Waals surface area contributed by atoms with Crippen LogP contribution in [-0.4, -0.2) is 64.9 Å². The largest absolute Gasteiger partial charge is 0.482 e. The van der Waals surface area contributed by atoms with Gasteiger partial charge >= 0.3 is 0 Å². The van der Waals surface area contributed by atoms with Gasteiger partial charge in [-0.15, -0.1) is 0 Å². The number of para-hydroxylation sites is 1. The minimum absolute atomic E-state index is 0.0792. The van der Waals surface area contributed by atoms with Crippen LogP contribution in [0.5, 0.6) is 5.75 Å². The minimum Gasteiger partial charge on any atom is -0.482 e. The molecule has 2 amide bonds. The molecule has 39 heavy (non-hydrogen) atoms. The van der Waals surface area contributed by atoms with Crippen LogP contribution in [-0.2, 0) is 9.59 Å². The number of halogens is 1. The standard InChI is InChI=1S/C31H41IN2O5/c1-2-3-8-28(36)34(19-31-16-20-11-21(17-31)13-22(12-20)18-31)25-14-23(30(38)33-9-10-35)15-27(29(25)37)39-26-7-5-4-6-24(26)32/h3-8,15,20-22,25,27,29,35,37H,2,9-14,16-19H2,1H3,(H,33,38). The Morgan fingerprint density at radius 3 is 2.44 bits per heavy atom. The van der Waals surface area contributed by atoms with Crippen molar-refractivity contribution in [3.8, 4) is 5.75 Å². The fraction of sp³-hybridized carbons (Fsp3) is 0.613. The number of hydrogen-bond acceptors (Lipinski definition) is 5. The summed E-state index contributed by atoms with van der Waals surface area (Å²) in [6.07, 6.45) is 11.8. The summed E-state index contributed by atoms with van der Waals surface area (Å²) in [5.74, 6) is 2.44. The Hall–Kier alpha value is -1.91. The normalized spacial score (nSPS) is 33.2. The Balaban J connectivity index is 1.47. The van der Waals surface area contributed by atoms with Crippen molar-refractivity contribution < 1.29 is 24.5 Å². The Labute approximate surface area is 245 Å². The van der Waals surface area contributed by atoms with Gasteiger partial charge < -0.3 is 25.2 Å². The molecule has 3 atom stereocenters. The monoisotopic (exact) mass is 648 g/mol. The number of ether oxygens (including phenoxy) is 1. The number of nitrogens with one attached hydrogen (secondary N) is 1. The van der Waals surface area contributed by atoms with Gasteiger partial charge in [0.25, 0.3) is 0 Å². The van der Waals surface area contributed by atoms with E-state index in [-0.39, 0.29) is 36.8 Å². The zero-order valence-corrected chi connectivity index (χ0v) is 24.9. The molecular formula is C31H41IN2O5. The Morgan fingerprint density at radius 2 is 1.82 bits per heavy atom. The van der Waals surface area contributed by atoms with Crippen LogP contribution >= 0.6 is 22.6 Å². The highest BCUT2D eigenvalue weighted by atomic mass is 127. The predicted molar refractivity (Wildman–Crippen MR) is 158 cm³/mol. The lowest BCUT2D eigenvalue weighted by Gasteiger charge is -2.58. The number of carbonyl (C=O) groups is 2. The van der Waals surface area contributed by atoms with Gasteiger partial charge in [-0.05, 0) is 115 Å². The van der Waals surface area contributed by atoms with Crippen LogP contribution in [0.1, 0.15) is 58.3 Å². The number of aliphatic hydroxyl groups excluding tert-OH is 2. The van der Waals surface area contributed by atoms with Crippen LogP contribution < -0.4 is 10.1 Å². The molecule has 3 N–H and O–H groups in total. The number of amides is 2. The van der Waals surface area contributed by atoms with Crippen molar-refractivity contribution >= 4 is 34.4 Å². The number of benzene rings is 1. The molecule has 8 heteroatoms. The van der Waals surface area contributed by atoms with E-state index in [9.17, 15) is 19.8 Å². The maximum Gasteiger partial charge on any atom is 0.247 e. The lowest BCUT2D eigenvalue weighted by molar-refractivity contribution is -0.142. The second kappa shape index (κ2) is 12.3. The minimum atomic E-state index is -0.997. The molecule has 0 saturated heterocycles. The van der Waals surface area contributed by atoms with E-state index in [0.717, 1.165) is 47.0 Å². The fourth-order valence-corrected chi connectivity index (χ4v) is 8.50. The molecule has 0 aliphatic heterocycles. The van der Waals surface area contributed by atoms with Crippen LogP contribution in [0.3, 0.4) is 0 Å². The van der Waals surface area contributed by atoms with Gasteiger partial charge in [0.2, 0.25) is 11.8 Å². The number of rotatable bonds is 10. The van der Waals surface area contributed by atoms with Gasteiger partial charge in [-0.2, -0.15) is 0 Å². The molecule has 1 aromatic rings. The van der Waals surface area contributed by atoms with Crippen molar-refractivity contribution in [1.29, 1.82) is 0 Å². The van der Waals surface area contributed by atoms with Gasteiger partial charge in [-0.3, -0.25) is 9.59 Å². The number of allylic oxidation sites excluding steroid dienone is 1. The van der Waals surface area contributed by atoms with E-state index in [0.29, 0.717) is 17.9 Å². The summed E-state index contributed by atoms with van der Waals surface area (Å²) in [7, 11) is 0. The molecule has 6 rings (SSSR count). The average molecular weight is 649 g/mol. The second-order valence-electron chi connectivity index (χ2n) is 12.1. The lowest BCUT2D eigenvalue weighted by atomic mass is 9.49. The summed E-state index contributed by atoms with van der Waals surface area (Å²) in [5, 5.41) is 23.8. The van der Waals surface area contributed by atoms with Crippen molar-refractivity contribution in [2.24, 2.45) is 23.2 Å². The molecule has 4 fully saturated rings. The van der Waals surface area contributed by atoms with Crippen molar-refractivity contribution in [1.82, 2.24) is 10.2 Å². The van der Waals surface area contributed by atoms with Gasteiger partial charge in [-0.25, -0.2) is 0 Å². The first-order valence-corrected chi connectivity index (χ1v) is 15.5. The molecule has 0 aromatic heterocycles. The molecule has 4 bridgehead atoms. The number of aliphatic hydroxyl groups is 2. The SMILES string of the molecule is CCC=CC(=O)N(CC12CC3CC(CC(C3)C1)C2)C1CC(C(=O)NCCO)=CC(Oc2ccccc2I)C1O. The Morgan fingerprint density at radius 1 is 1.15 bits per heavy atom.